The molecule has 2 aromatic carbocycles. The molecule has 3 rings (SSSR count). The molecule has 0 unspecified atom stereocenters. The lowest BCUT2D eigenvalue weighted by atomic mass is 9.96. The summed E-state index contributed by atoms with van der Waals surface area (Å²) in [6, 6.07) is 12.5. The van der Waals surface area contributed by atoms with Crippen LogP contribution >= 0.6 is 11.8 Å². The number of hydrogen-bond acceptors (Lipinski definition) is 4. The molecule has 5 heteroatoms. The van der Waals surface area contributed by atoms with Crippen LogP contribution in [0.4, 0.5) is 5.69 Å². The molecule has 1 heterocycles. The van der Waals surface area contributed by atoms with Gasteiger partial charge < -0.3 is 15.4 Å². The zero-order valence-corrected chi connectivity index (χ0v) is 17.9. The topological polar surface area (TPSA) is 50.4 Å². The van der Waals surface area contributed by atoms with Gasteiger partial charge in [-0.1, -0.05) is 44.7 Å². The number of carbonyl (C=O) groups is 1. The fourth-order valence-corrected chi connectivity index (χ4v) is 4.17. The SMILES string of the molecule is CCc1ccc(N[C@H]2NC(=O)/C(=C/c3cc(C(C)C)c(OC)cc3C)S2)cc1. The van der Waals surface area contributed by atoms with Crippen LogP contribution in [0.2, 0.25) is 0 Å². The summed E-state index contributed by atoms with van der Waals surface area (Å²) in [6.45, 7) is 8.47. The van der Waals surface area contributed by atoms with E-state index in [4.69, 9.17) is 4.74 Å². The second-order valence-electron chi connectivity index (χ2n) is 7.28. The number of nitrogens with one attached hydrogen (secondary N) is 2. The molecular weight excluding hydrogens is 368 g/mol. The zero-order valence-electron chi connectivity index (χ0n) is 17.1. The molecule has 2 aromatic rings. The van der Waals surface area contributed by atoms with Gasteiger partial charge in [0.1, 0.15) is 5.75 Å². The van der Waals surface area contributed by atoms with Crippen LogP contribution in [-0.4, -0.2) is 18.5 Å². The molecule has 1 fully saturated rings. The van der Waals surface area contributed by atoms with Crippen molar-refractivity contribution >= 4 is 29.4 Å². The number of carbonyl (C=O) groups excluding carboxylic acids is 1. The summed E-state index contributed by atoms with van der Waals surface area (Å²) in [5, 5.41) is 6.37. The van der Waals surface area contributed by atoms with E-state index >= 15 is 0 Å². The van der Waals surface area contributed by atoms with Gasteiger partial charge in [-0.3, -0.25) is 4.79 Å². The first-order valence-electron chi connectivity index (χ1n) is 9.64. The highest BCUT2D eigenvalue weighted by atomic mass is 32.2. The lowest BCUT2D eigenvalue weighted by Gasteiger charge is -2.15. The van der Waals surface area contributed by atoms with Crippen molar-refractivity contribution < 1.29 is 9.53 Å². The minimum atomic E-state index is -0.172. The van der Waals surface area contributed by atoms with E-state index in [9.17, 15) is 4.79 Å². The Morgan fingerprint density at radius 1 is 1.25 bits per heavy atom. The number of methoxy groups -OCH3 is 1. The van der Waals surface area contributed by atoms with Crippen molar-refractivity contribution in [3.63, 3.8) is 0 Å². The van der Waals surface area contributed by atoms with Crippen LogP contribution in [0.3, 0.4) is 0 Å². The van der Waals surface area contributed by atoms with E-state index in [1.54, 1.807) is 7.11 Å². The summed E-state index contributed by atoms with van der Waals surface area (Å²) in [4.78, 5) is 13.2. The quantitative estimate of drug-likeness (QED) is 0.652. The lowest BCUT2D eigenvalue weighted by molar-refractivity contribution is -0.116. The Kier molecular flexibility index (Phi) is 6.35. The molecule has 1 amide bonds. The average molecular weight is 397 g/mol. The summed E-state index contributed by atoms with van der Waals surface area (Å²) >= 11 is 1.51. The molecule has 1 saturated heterocycles. The zero-order chi connectivity index (χ0) is 20.3. The van der Waals surface area contributed by atoms with E-state index in [0.29, 0.717) is 10.8 Å². The molecule has 1 aliphatic heterocycles. The molecule has 0 saturated carbocycles. The number of anilines is 1. The molecule has 1 aliphatic rings. The minimum absolute atomic E-state index is 0.0472. The van der Waals surface area contributed by atoms with Gasteiger partial charge in [-0.15, -0.1) is 0 Å². The van der Waals surface area contributed by atoms with Gasteiger partial charge >= 0.3 is 0 Å². The number of benzene rings is 2. The first kappa shape index (κ1) is 20.3. The van der Waals surface area contributed by atoms with E-state index in [1.165, 1.54) is 17.3 Å². The number of hydrogen-bond donors (Lipinski definition) is 2. The summed E-state index contributed by atoms with van der Waals surface area (Å²) in [7, 11) is 1.70. The van der Waals surface area contributed by atoms with Gasteiger partial charge in [0.15, 0.2) is 5.50 Å². The predicted molar refractivity (Wildman–Crippen MR) is 119 cm³/mol. The third kappa shape index (κ3) is 4.53. The van der Waals surface area contributed by atoms with Gasteiger partial charge in [0.25, 0.3) is 5.91 Å². The Hall–Kier alpha value is -2.40. The summed E-state index contributed by atoms with van der Waals surface area (Å²) in [5.74, 6) is 1.19. The standard InChI is InChI=1S/C23H28N2O2S/c1-6-16-7-9-18(10-8-16)24-23-25-22(26)21(28-23)13-17-12-19(14(2)3)20(27-5)11-15(17)4/h7-14,23-24H,6H2,1-5H3,(H,25,26)/b21-13-/t23-/m0/s1. The van der Waals surface area contributed by atoms with Crippen molar-refractivity contribution in [2.45, 2.75) is 45.5 Å². The molecule has 0 radical (unpaired) electrons. The maximum Gasteiger partial charge on any atom is 0.260 e. The molecule has 0 aliphatic carbocycles. The van der Waals surface area contributed by atoms with Crippen molar-refractivity contribution in [1.82, 2.24) is 5.32 Å². The first-order chi connectivity index (χ1) is 13.4. The molecule has 4 nitrogen and oxygen atoms in total. The largest absolute Gasteiger partial charge is 0.496 e. The second-order valence-corrected chi connectivity index (χ2v) is 8.43. The van der Waals surface area contributed by atoms with Crippen LogP contribution in [0, 0.1) is 6.92 Å². The van der Waals surface area contributed by atoms with Crippen LogP contribution < -0.4 is 15.4 Å². The second kappa shape index (κ2) is 8.74. The van der Waals surface area contributed by atoms with Crippen LogP contribution in [0.5, 0.6) is 5.75 Å². The third-order valence-electron chi connectivity index (χ3n) is 4.92. The van der Waals surface area contributed by atoms with Crippen LogP contribution in [0.15, 0.2) is 41.3 Å². The Morgan fingerprint density at radius 2 is 1.96 bits per heavy atom. The highest BCUT2D eigenvalue weighted by Crippen LogP contribution is 2.34. The average Bonchev–Trinajstić information content (AvgIpc) is 3.02. The monoisotopic (exact) mass is 396 g/mol. The Bertz CT molecular complexity index is 888. The van der Waals surface area contributed by atoms with Gasteiger partial charge in [-0.05, 0) is 71.9 Å². The van der Waals surface area contributed by atoms with Crippen molar-refractivity contribution in [2.24, 2.45) is 0 Å². The smallest absolute Gasteiger partial charge is 0.260 e. The Labute approximate surface area is 171 Å². The number of rotatable bonds is 6. The molecule has 148 valence electrons. The first-order valence-corrected chi connectivity index (χ1v) is 10.5. The molecule has 2 N–H and O–H groups in total. The maximum atomic E-state index is 12.5. The van der Waals surface area contributed by atoms with E-state index in [2.05, 4.69) is 61.7 Å². The van der Waals surface area contributed by atoms with Crippen LogP contribution in [0.1, 0.15) is 48.9 Å². The maximum absolute atomic E-state index is 12.5. The summed E-state index contributed by atoms with van der Waals surface area (Å²) in [5.41, 5.74) is 5.41. The number of ether oxygens (including phenoxy) is 1. The number of thioether (sulfide) groups is 1. The fourth-order valence-electron chi connectivity index (χ4n) is 3.19. The molecule has 1 atom stereocenters. The van der Waals surface area contributed by atoms with Gasteiger partial charge in [0, 0.05) is 5.69 Å². The summed E-state index contributed by atoms with van der Waals surface area (Å²) < 4.78 is 5.52. The summed E-state index contributed by atoms with van der Waals surface area (Å²) in [6.07, 6.45) is 2.99. The Morgan fingerprint density at radius 3 is 2.57 bits per heavy atom. The van der Waals surface area contributed by atoms with Crippen molar-refractivity contribution in [1.29, 1.82) is 0 Å². The van der Waals surface area contributed by atoms with E-state index in [1.807, 2.05) is 19.1 Å². The van der Waals surface area contributed by atoms with Gasteiger partial charge in [-0.2, -0.15) is 0 Å². The minimum Gasteiger partial charge on any atom is -0.496 e. The van der Waals surface area contributed by atoms with E-state index < -0.39 is 0 Å². The van der Waals surface area contributed by atoms with Gasteiger partial charge in [-0.25, -0.2) is 0 Å². The highest BCUT2D eigenvalue weighted by molar-refractivity contribution is 8.05. The molecule has 0 spiro atoms. The van der Waals surface area contributed by atoms with Crippen LogP contribution in [-0.2, 0) is 11.2 Å². The molecular formula is C23H28N2O2S. The van der Waals surface area contributed by atoms with Crippen molar-refractivity contribution in [2.75, 3.05) is 12.4 Å². The predicted octanol–water partition coefficient (Wildman–Crippen LogP) is 5.29. The van der Waals surface area contributed by atoms with E-state index in [0.717, 1.165) is 34.5 Å². The Balaban J connectivity index is 1.79. The lowest BCUT2D eigenvalue weighted by Crippen LogP contribution is -2.30. The number of aryl methyl sites for hydroxylation is 2. The normalized spacial score (nSPS) is 17.9. The van der Waals surface area contributed by atoms with Crippen molar-refractivity contribution in [3.8, 4) is 5.75 Å². The van der Waals surface area contributed by atoms with E-state index in [-0.39, 0.29) is 11.4 Å². The highest BCUT2D eigenvalue weighted by Gasteiger charge is 2.27. The van der Waals surface area contributed by atoms with Crippen molar-refractivity contribution in [3.05, 3.63) is 63.6 Å². The number of amides is 1. The van der Waals surface area contributed by atoms with Gasteiger partial charge in [0.2, 0.25) is 0 Å². The third-order valence-corrected chi connectivity index (χ3v) is 5.95. The molecule has 0 bridgehead atoms. The van der Waals surface area contributed by atoms with Gasteiger partial charge in [0.05, 0.1) is 12.0 Å². The molecule has 28 heavy (non-hydrogen) atoms. The molecule has 0 aromatic heterocycles. The van der Waals surface area contributed by atoms with Crippen LogP contribution in [0.25, 0.3) is 6.08 Å². The fraction of sp³-hybridized carbons (Fsp3) is 0.348.